The van der Waals surface area contributed by atoms with Gasteiger partial charge in [-0.2, -0.15) is 5.26 Å². The first kappa shape index (κ1) is 20.2. The van der Waals surface area contributed by atoms with Crippen LogP contribution in [-0.2, 0) is 10.2 Å². The van der Waals surface area contributed by atoms with Crippen LogP contribution in [0.1, 0.15) is 38.1 Å². The fraction of sp³-hybridized carbons (Fsp3) is 0.435. The van der Waals surface area contributed by atoms with Crippen LogP contribution in [0.3, 0.4) is 0 Å². The fourth-order valence-corrected chi connectivity index (χ4v) is 3.56. The highest BCUT2D eigenvalue weighted by atomic mass is 16.5. The van der Waals surface area contributed by atoms with Gasteiger partial charge in [-0.3, -0.25) is 0 Å². The number of ether oxygens (including phenoxy) is 3. The highest BCUT2D eigenvalue weighted by molar-refractivity contribution is 5.69. The van der Waals surface area contributed by atoms with Crippen LogP contribution >= 0.6 is 0 Å². The number of hydrogen-bond acceptors (Lipinski definition) is 6. The monoisotopic (exact) mass is 406 g/mol. The Morgan fingerprint density at radius 1 is 1.13 bits per heavy atom. The van der Waals surface area contributed by atoms with Gasteiger partial charge in [-0.1, -0.05) is 19.9 Å². The molecule has 0 saturated heterocycles. The van der Waals surface area contributed by atoms with Crippen LogP contribution in [0, 0.1) is 17.2 Å². The Labute approximate surface area is 176 Å². The lowest BCUT2D eigenvalue weighted by Crippen LogP contribution is -2.19. The molecule has 156 valence electrons. The van der Waals surface area contributed by atoms with Crippen molar-refractivity contribution in [2.45, 2.75) is 32.1 Å². The molecule has 1 aliphatic carbocycles. The average molecular weight is 406 g/mol. The number of hydrogen-bond donors (Lipinski definition) is 0. The number of aromatic nitrogens is 3. The zero-order chi connectivity index (χ0) is 21.3. The van der Waals surface area contributed by atoms with E-state index in [1.807, 2.05) is 28.8 Å². The molecule has 0 aliphatic heterocycles. The van der Waals surface area contributed by atoms with Crippen molar-refractivity contribution in [1.29, 1.82) is 5.26 Å². The molecule has 0 atom stereocenters. The fourth-order valence-electron chi connectivity index (χ4n) is 3.56. The predicted octanol–water partition coefficient (Wildman–Crippen LogP) is 3.99. The van der Waals surface area contributed by atoms with Crippen molar-refractivity contribution < 1.29 is 14.2 Å². The molecule has 0 amide bonds. The summed E-state index contributed by atoms with van der Waals surface area (Å²) in [6.07, 6.45) is 2.04. The molecule has 0 spiro atoms. The molecule has 1 aromatic carbocycles. The number of nitriles is 1. The van der Waals surface area contributed by atoms with Crippen LogP contribution in [0.5, 0.6) is 11.5 Å². The van der Waals surface area contributed by atoms with Crippen LogP contribution in [0.2, 0.25) is 0 Å². The van der Waals surface area contributed by atoms with Crippen LogP contribution in [0.25, 0.3) is 16.9 Å². The van der Waals surface area contributed by atoms with Gasteiger partial charge in [-0.05, 0) is 43.0 Å². The molecule has 1 aliphatic rings. The van der Waals surface area contributed by atoms with E-state index in [-0.39, 0.29) is 5.41 Å². The zero-order valence-corrected chi connectivity index (χ0v) is 17.8. The number of fused-ring (bicyclic) bond motifs is 1. The highest BCUT2D eigenvalue weighted by Gasteiger charge is 2.48. The summed E-state index contributed by atoms with van der Waals surface area (Å²) in [5.74, 6) is 2.47. The molecular weight excluding hydrogens is 380 g/mol. The number of nitrogens with zero attached hydrogens (tertiary/aromatic N) is 4. The van der Waals surface area contributed by atoms with Crippen LogP contribution in [-0.4, -0.2) is 42.0 Å². The summed E-state index contributed by atoms with van der Waals surface area (Å²) in [5, 5.41) is 14.1. The summed E-state index contributed by atoms with van der Waals surface area (Å²) >= 11 is 0. The normalized spacial score (nSPS) is 14.7. The number of pyridine rings is 1. The molecule has 30 heavy (non-hydrogen) atoms. The maximum atomic E-state index is 9.27. The van der Waals surface area contributed by atoms with Crippen molar-refractivity contribution in [2.24, 2.45) is 5.92 Å². The van der Waals surface area contributed by atoms with E-state index in [0.717, 1.165) is 36.5 Å². The van der Waals surface area contributed by atoms with Gasteiger partial charge in [0, 0.05) is 12.2 Å². The SMILES string of the molecule is COc1cc(-c2ccc(OC)c3nc(C4(COCC(C)C)CC4)nn23)ccc1C#N. The van der Waals surface area contributed by atoms with Crippen LogP contribution in [0.4, 0.5) is 0 Å². The molecule has 0 N–H and O–H groups in total. The van der Waals surface area contributed by atoms with E-state index < -0.39 is 0 Å². The topological polar surface area (TPSA) is 81.7 Å². The zero-order valence-electron chi connectivity index (χ0n) is 17.8. The Morgan fingerprint density at radius 3 is 2.53 bits per heavy atom. The van der Waals surface area contributed by atoms with E-state index in [1.165, 1.54) is 0 Å². The van der Waals surface area contributed by atoms with Gasteiger partial charge in [0.2, 0.25) is 0 Å². The molecule has 1 fully saturated rings. The standard InChI is InChI=1S/C23H26N4O3/c1-15(2)13-30-14-23(9-10-23)22-25-21-19(28-3)8-7-18(27(21)26-22)16-5-6-17(12-24)20(11-16)29-4/h5-8,11,15H,9-10,13-14H2,1-4H3. The Hall–Kier alpha value is -3.11. The van der Waals surface area contributed by atoms with Crippen molar-refractivity contribution in [3.63, 3.8) is 0 Å². The Balaban J connectivity index is 1.77. The number of methoxy groups -OCH3 is 2. The minimum absolute atomic E-state index is 0.119. The summed E-state index contributed by atoms with van der Waals surface area (Å²) in [6, 6.07) is 11.5. The van der Waals surface area contributed by atoms with Crippen molar-refractivity contribution in [3.05, 3.63) is 41.7 Å². The van der Waals surface area contributed by atoms with E-state index >= 15 is 0 Å². The van der Waals surface area contributed by atoms with E-state index in [1.54, 1.807) is 20.3 Å². The summed E-state index contributed by atoms with van der Waals surface area (Å²) in [6.45, 7) is 5.65. The first-order chi connectivity index (χ1) is 14.5. The molecule has 2 heterocycles. The second-order valence-electron chi connectivity index (χ2n) is 8.17. The molecule has 0 bridgehead atoms. The van der Waals surface area contributed by atoms with Gasteiger partial charge in [0.15, 0.2) is 17.2 Å². The summed E-state index contributed by atoms with van der Waals surface area (Å²) in [7, 11) is 3.19. The third kappa shape index (κ3) is 3.59. The highest BCUT2D eigenvalue weighted by Crippen LogP contribution is 2.47. The molecule has 0 unspecified atom stereocenters. The van der Waals surface area contributed by atoms with Gasteiger partial charge in [0.25, 0.3) is 0 Å². The second-order valence-corrected chi connectivity index (χ2v) is 8.17. The first-order valence-electron chi connectivity index (χ1n) is 10.1. The molecule has 1 saturated carbocycles. The van der Waals surface area contributed by atoms with Crippen molar-refractivity contribution in [1.82, 2.24) is 14.6 Å². The minimum Gasteiger partial charge on any atom is -0.495 e. The van der Waals surface area contributed by atoms with Crippen molar-refractivity contribution >= 4 is 5.65 Å². The smallest absolute Gasteiger partial charge is 0.198 e. The molecule has 7 nitrogen and oxygen atoms in total. The van der Waals surface area contributed by atoms with Crippen molar-refractivity contribution in [3.8, 4) is 28.8 Å². The van der Waals surface area contributed by atoms with Gasteiger partial charge in [0.05, 0.1) is 37.5 Å². The summed E-state index contributed by atoms with van der Waals surface area (Å²) in [5.41, 5.74) is 2.78. The second kappa shape index (κ2) is 7.96. The molecule has 0 radical (unpaired) electrons. The first-order valence-corrected chi connectivity index (χ1v) is 10.1. The van der Waals surface area contributed by atoms with E-state index in [9.17, 15) is 5.26 Å². The minimum atomic E-state index is -0.119. The lowest BCUT2D eigenvalue weighted by molar-refractivity contribution is 0.0897. The number of rotatable bonds is 8. The molecule has 7 heteroatoms. The maximum absolute atomic E-state index is 9.27. The van der Waals surface area contributed by atoms with Crippen molar-refractivity contribution in [2.75, 3.05) is 27.4 Å². The Bertz CT molecular complexity index is 1110. The predicted molar refractivity (Wildman–Crippen MR) is 113 cm³/mol. The molecule has 4 rings (SSSR count). The molecular formula is C23H26N4O3. The van der Waals surface area contributed by atoms with Gasteiger partial charge < -0.3 is 14.2 Å². The van der Waals surface area contributed by atoms with E-state index in [4.69, 9.17) is 24.3 Å². The van der Waals surface area contributed by atoms with Crippen LogP contribution < -0.4 is 9.47 Å². The quantitative estimate of drug-likeness (QED) is 0.563. The van der Waals surface area contributed by atoms with Gasteiger partial charge in [0.1, 0.15) is 11.8 Å². The summed E-state index contributed by atoms with van der Waals surface area (Å²) < 4.78 is 18.7. The van der Waals surface area contributed by atoms with Gasteiger partial charge in [-0.15, -0.1) is 5.10 Å². The number of benzene rings is 1. The lowest BCUT2D eigenvalue weighted by atomic mass is 10.1. The maximum Gasteiger partial charge on any atom is 0.198 e. The third-order valence-electron chi connectivity index (χ3n) is 5.44. The largest absolute Gasteiger partial charge is 0.495 e. The van der Waals surface area contributed by atoms with Gasteiger partial charge in [-0.25, -0.2) is 9.50 Å². The molecule has 2 aromatic heterocycles. The lowest BCUT2D eigenvalue weighted by Gasteiger charge is -2.13. The van der Waals surface area contributed by atoms with E-state index in [2.05, 4.69) is 19.9 Å². The Kier molecular flexibility index (Phi) is 5.35. The average Bonchev–Trinajstić information content (AvgIpc) is 3.40. The summed E-state index contributed by atoms with van der Waals surface area (Å²) in [4.78, 5) is 4.84. The molecule has 3 aromatic rings. The third-order valence-corrected chi connectivity index (χ3v) is 5.44. The van der Waals surface area contributed by atoms with Gasteiger partial charge >= 0.3 is 0 Å². The van der Waals surface area contributed by atoms with Crippen LogP contribution in [0.15, 0.2) is 30.3 Å². The Morgan fingerprint density at radius 2 is 1.90 bits per heavy atom. The van der Waals surface area contributed by atoms with E-state index in [0.29, 0.717) is 35.2 Å².